The number of rotatable bonds is 11. The molecule has 0 aliphatic heterocycles. The van der Waals surface area contributed by atoms with Crippen LogP contribution < -0.4 is 18.9 Å². The highest BCUT2D eigenvalue weighted by Crippen LogP contribution is 2.45. The van der Waals surface area contributed by atoms with Crippen molar-refractivity contribution in [2.24, 2.45) is 0 Å². The van der Waals surface area contributed by atoms with Crippen molar-refractivity contribution in [1.82, 2.24) is 0 Å². The Morgan fingerprint density at radius 2 is 0.704 bits per heavy atom. The third-order valence-corrected chi connectivity index (χ3v) is 9.31. The van der Waals surface area contributed by atoms with E-state index in [-0.39, 0.29) is 13.6 Å². The number of nitrogens with zero attached hydrogens (tertiary/aromatic N) is 2. The Labute approximate surface area is 313 Å². The molecule has 0 spiro atoms. The molecular formula is C48H32N2O4. The minimum atomic E-state index is -0.00984. The van der Waals surface area contributed by atoms with Gasteiger partial charge in [0.1, 0.15) is 23.0 Å². The van der Waals surface area contributed by atoms with Crippen molar-refractivity contribution in [3.63, 3.8) is 0 Å². The zero-order chi connectivity index (χ0) is 36.7. The van der Waals surface area contributed by atoms with Crippen LogP contribution in [0.3, 0.4) is 0 Å². The molecule has 0 aliphatic carbocycles. The summed E-state index contributed by atoms with van der Waals surface area (Å²) in [7, 11) is 0. The average molecular weight is 701 g/mol. The summed E-state index contributed by atoms with van der Waals surface area (Å²) in [6, 6.07) is 59.5. The molecule has 0 aromatic heterocycles. The van der Waals surface area contributed by atoms with Gasteiger partial charge in [-0.25, -0.2) is 0 Å². The molecule has 0 radical (unpaired) electrons. The molecule has 0 bridgehead atoms. The molecule has 0 heterocycles. The van der Waals surface area contributed by atoms with Crippen molar-refractivity contribution in [1.29, 1.82) is 10.5 Å². The maximum absolute atomic E-state index is 9.12. The summed E-state index contributed by atoms with van der Waals surface area (Å²) in [5.41, 5.74) is 7.14. The van der Waals surface area contributed by atoms with E-state index in [0.717, 1.165) is 54.9 Å². The van der Waals surface area contributed by atoms with Gasteiger partial charge in [-0.15, -0.1) is 0 Å². The second-order valence-electron chi connectivity index (χ2n) is 12.6. The predicted octanol–water partition coefficient (Wildman–Crippen LogP) is 11.6. The van der Waals surface area contributed by atoms with Crippen molar-refractivity contribution in [2.75, 3.05) is 13.6 Å². The Hall–Kier alpha value is -7.54. The molecule has 8 rings (SSSR count). The number of fused-ring (bicyclic) bond motifs is 2. The average Bonchev–Trinajstić information content (AvgIpc) is 3.24. The lowest BCUT2D eigenvalue weighted by atomic mass is 9.92. The van der Waals surface area contributed by atoms with Crippen LogP contribution in [0.4, 0.5) is 0 Å². The van der Waals surface area contributed by atoms with Gasteiger partial charge in [0.05, 0.1) is 23.3 Å². The summed E-state index contributed by atoms with van der Waals surface area (Å²) in [4.78, 5) is 0. The van der Waals surface area contributed by atoms with E-state index >= 15 is 0 Å². The standard InChI is InChI=1S/C48H32N2O4/c49-29-33-9-13-35(14-10-33)37-17-23-41(24-18-37)51-31-53-45-27-21-39-5-1-3-7-43(39)47(45)48-44-8-4-2-6-40(44)22-28-46(48)54-32-52-42-25-19-38(20-26-42)36-15-11-34(30-50)12-16-36/h1-28H,31-32H2. The van der Waals surface area contributed by atoms with Crippen LogP contribution in [0.25, 0.3) is 54.9 Å². The summed E-state index contributed by atoms with van der Waals surface area (Å²) < 4.78 is 25.0. The van der Waals surface area contributed by atoms with Crippen molar-refractivity contribution in [3.8, 4) is 68.5 Å². The molecule has 6 heteroatoms. The topological polar surface area (TPSA) is 84.5 Å². The monoisotopic (exact) mass is 700 g/mol. The van der Waals surface area contributed by atoms with Gasteiger partial charge in [-0.2, -0.15) is 10.5 Å². The number of nitriles is 2. The van der Waals surface area contributed by atoms with E-state index in [4.69, 9.17) is 29.5 Å². The van der Waals surface area contributed by atoms with Crippen molar-refractivity contribution in [2.45, 2.75) is 0 Å². The third-order valence-electron chi connectivity index (χ3n) is 9.31. The minimum Gasteiger partial charge on any atom is -0.458 e. The maximum Gasteiger partial charge on any atom is 0.230 e. The molecule has 0 saturated heterocycles. The fourth-order valence-corrected chi connectivity index (χ4v) is 6.54. The first-order valence-corrected chi connectivity index (χ1v) is 17.4. The minimum absolute atomic E-state index is 0.00984. The SMILES string of the molecule is N#Cc1ccc(-c2ccc(OCOc3ccc4ccccc4c3-c3c(OCOc4ccc(-c5ccc(C#N)cc5)cc4)ccc4ccccc34)cc2)cc1. The molecule has 8 aromatic rings. The lowest BCUT2D eigenvalue weighted by Crippen LogP contribution is -2.08. The van der Waals surface area contributed by atoms with E-state index in [1.165, 1.54) is 0 Å². The first kappa shape index (κ1) is 33.6. The Balaban J connectivity index is 1.05. The quantitative estimate of drug-likeness (QED) is 0.125. The van der Waals surface area contributed by atoms with Gasteiger partial charge in [0.25, 0.3) is 0 Å². The first-order chi connectivity index (χ1) is 26.7. The fourth-order valence-electron chi connectivity index (χ4n) is 6.54. The molecule has 258 valence electrons. The van der Waals surface area contributed by atoms with Gasteiger partial charge >= 0.3 is 0 Å². The van der Waals surface area contributed by atoms with Crippen molar-refractivity contribution in [3.05, 3.63) is 181 Å². The smallest absolute Gasteiger partial charge is 0.230 e. The molecule has 0 amide bonds. The van der Waals surface area contributed by atoms with E-state index < -0.39 is 0 Å². The van der Waals surface area contributed by atoms with Gasteiger partial charge < -0.3 is 18.9 Å². The largest absolute Gasteiger partial charge is 0.458 e. The zero-order valence-corrected chi connectivity index (χ0v) is 29.1. The molecule has 0 fully saturated rings. The van der Waals surface area contributed by atoms with Crippen LogP contribution in [0.1, 0.15) is 11.1 Å². The lowest BCUT2D eigenvalue weighted by molar-refractivity contribution is 0.118. The van der Waals surface area contributed by atoms with Crippen molar-refractivity contribution < 1.29 is 18.9 Å². The lowest BCUT2D eigenvalue weighted by Gasteiger charge is -2.20. The van der Waals surface area contributed by atoms with E-state index in [1.807, 2.05) is 133 Å². The summed E-state index contributed by atoms with van der Waals surface area (Å²) in [5, 5.41) is 22.4. The summed E-state index contributed by atoms with van der Waals surface area (Å²) in [6.45, 7) is -0.0197. The van der Waals surface area contributed by atoms with Gasteiger partial charge in [0.15, 0.2) is 0 Å². The van der Waals surface area contributed by atoms with E-state index in [9.17, 15) is 0 Å². The Bertz CT molecular complexity index is 2470. The van der Waals surface area contributed by atoms with Crippen LogP contribution in [-0.2, 0) is 0 Å². The molecule has 0 aliphatic rings. The highest BCUT2D eigenvalue weighted by molar-refractivity contribution is 6.09. The third kappa shape index (κ3) is 7.14. The first-order valence-electron chi connectivity index (χ1n) is 17.4. The summed E-state index contributed by atoms with van der Waals surface area (Å²) in [6.07, 6.45) is 0. The predicted molar refractivity (Wildman–Crippen MR) is 212 cm³/mol. The molecule has 0 saturated carbocycles. The van der Waals surface area contributed by atoms with Crippen LogP contribution in [0.2, 0.25) is 0 Å². The Morgan fingerprint density at radius 3 is 1.07 bits per heavy atom. The van der Waals surface area contributed by atoms with Gasteiger partial charge in [-0.3, -0.25) is 0 Å². The Morgan fingerprint density at radius 1 is 0.352 bits per heavy atom. The highest BCUT2D eigenvalue weighted by atomic mass is 16.7. The molecule has 0 N–H and O–H groups in total. The van der Waals surface area contributed by atoms with Crippen LogP contribution in [0.5, 0.6) is 23.0 Å². The normalized spacial score (nSPS) is 10.7. The van der Waals surface area contributed by atoms with E-state index in [2.05, 4.69) is 48.5 Å². The maximum atomic E-state index is 9.12. The van der Waals surface area contributed by atoms with Crippen molar-refractivity contribution >= 4 is 21.5 Å². The molecule has 8 aromatic carbocycles. The number of hydrogen-bond donors (Lipinski definition) is 0. The van der Waals surface area contributed by atoms with E-state index in [0.29, 0.717) is 34.1 Å². The molecular weight excluding hydrogens is 669 g/mol. The van der Waals surface area contributed by atoms with E-state index in [1.54, 1.807) is 0 Å². The molecule has 0 unspecified atom stereocenters. The van der Waals surface area contributed by atoms with Crippen LogP contribution in [0, 0.1) is 22.7 Å². The number of ether oxygens (including phenoxy) is 4. The number of benzene rings is 8. The van der Waals surface area contributed by atoms with Crippen LogP contribution in [-0.4, -0.2) is 13.6 Å². The number of hydrogen-bond acceptors (Lipinski definition) is 6. The second-order valence-corrected chi connectivity index (χ2v) is 12.6. The summed E-state index contributed by atoms with van der Waals surface area (Å²) >= 11 is 0. The Kier molecular flexibility index (Phi) is 9.56. The van der Waals surface area contributed by atoms with Gasteiger partial charge in [0.2, 0.25) is 13.6 Å². The molecule has 54 heavy (non-hydrogen) atoms. The van der Waals surface area contributed by atoms with Gasteiger partial charge in [0, 0.05) is 11.1 Å². The second kappa shape index (κ2) is 15.4. The van der Waals surface area contributed by atoms with Gasteiger partial charge in [-0.1, -0.05) is 109 Å². The highest BCUT2D eigenvalue weighted by Gasteiger charge is 2.19. The molecule has 0 atom stereocenters. The van der Waals surface area contributed by atoms with Crippen LogP contribution >= 0.6 is 0 Å². The molecule has 6 nitrogen and oxygen atoms in total. The summed E-state index contributed by atoms with van der Waals surface area (Å²) in [5.74, 6) is 2.66. The van der Waals surface area contributed by atoms with Gasteiger partial charge in [-0.05, 0) is 104 Å². The fraction of sp³-hybridized carbons (Fsp3) is 0.0417. The van der Waals surface area contributed by atoms with Crippen LogP contribution in [0.15, 0.2) is 170 Å². The zero-order valence-electron chi connectivity index (χ0n) is 29.1.